The van der Waals surface area contributed by atoms with Crippen LogP contribution >= 0.6 is 11.8 Å². The average molecular weight is 206 g/mol. The van der Waals surface area contributed by atoms with Crippen LogP contribution in [-0.2, 0) is 5.41 Å². The van der Waals surface area contributed by atoms with Gasteiger partial charge in [-0.2, -0.15) is 11.8 Å². The first-order valence-electron chi connectivity index (χ1n) is 4.82. The molecule has 76 valence electrons. The summed E-state index contributed by atoms with van der Waals surface area (Å²) >= 11 is 1.89. The summed E-state index contributed by atoms with van der Waals surface area (Å²) in [5, 5.41) is 0. The van der Waals surface area contributed by atoms with Crippen LogP contribution in [0, 0.1) is 0 Å². The molecule has 0 nitrogen and oxygen atoms in total. The molecule has 0 amide bonds. The van der Waals surface area contributed by atoms with E-state index in [1.54, 1.807) is 0 Å². The summed E-state index contributed by atoms with van der Waals surface area (Å²) in [6.45, 7) is 8.43. The monoisotopic (exact) mass is 206 g/mol. The minimum Gasteiger partial charge on any atom is -0.165 e. The molecule has 1 heteroatoms. The Bertz CT molecular complexity index is 313. The second kappa shape index (κ2) is 4.70. The largest absolute Gasteiger partial charge is 0.165 e. The highest BCUT2D eigenvalue weighted by molar-refractivity contribution is 7.98. The number of rotatable bonds is 4. The van der Waals surface area contributed by atoms with Crippen molar-refractivity contribution >= 4 is 17.8 Å². The Morgan fingerprint density at radius 3 is 2.57 bits per heavy atom. The fourth-order valence-electron chi connectivity index (χ4n) is 1.73. The topological polar surface area (TPSA) is 0 Å². The van der Waals surface area contributed by atoms with E-state index in [0.717, 1.165) is 5.75 Å². The standard InChI is InChI=1S/C13H18S/c1-5-11-8-6-7-9-12(11)13(2,3)10-14-4/h5-9H,1,10H2,2-4H3. The van der Waals surface area contributed by atoms with Gasteiger partial charge in [0.05, 0.1) is 0 Å². The second-order valence-corrected chi connectivity index (χ2v) is 4.97. The van der Waals surface area contributed by atoms with E-state index in [-0.39, 0.29) is 5.41 Å². The summed E-state index contributed by atoms with van der Waals surface area (Å²) in [5.41, 5.74) is 2.88. The van der Waals surface area contributed by atoms with Crippen LogP contribution in [0.4, 0.5) is 0 Å². The predicted molar refractivity (Wildman–Crippen MR) is 67.9 cm³/mol. The normalized spacial score (nSPS) is 11.4. The van der Waals surface area contributed by atoms with Crippen LogP contribution in [-0.4, -0.2) is 12.0 Å². The van der Waals surface area contributed by atoms with Crippen molar-refractivity contribution in [1.82, 2.24) is 0 Å². The molecule has 0 N–H and O–H groups in total. The average Bonchev–Trinajstić information content (AvgIpc) is 2.18. The van der Waals surface area contributed by atoms with Crippen molar-refractivity contribution < 1.29 is 0 Å². The minimum absolute atomic E-state index is 0.226. The molecule has 0 unspecified atom stereocenters. The molecule has 0 aromatic heterocycles. The van der Waals surface area contributed by atoms with Gasteiger partial charge in [-0.3, -0.25) is 0 Å². The molecule has 0 atom stereocenters. The molecular weight excluding hydrogens is 188 g/mol. The Morgan fingerprint density at radius 1 is 1.36 bits per heavy atom. The fourth-order valence-corrected chi connectivity index (χ4v) is 2.61. The molecule has 0 bridgehead atoms. The number of thioether (sulfide) groups is 1. The highest BCUT2D eigenvalue weighted by atomic mass is 32.2. The van der Waals surface area contributed by atoms with Crippen molar-refractivity contribution in [1.29, 1.82) is 0 Å². The van der Waals surface area contributed by atoms with Gasteiger partial charge in [-0.15, -0.1) is 0 Å². The molecule has 0 fully saturated rings. The summed E-state index contributed by atoms with van der Waals surface area (Å²) in [6, 6.07) is 8.50. The molecule has 0 heterocycles. The van der Waals surface area contributed by atoms with Gasteiger partial charge in [-0.05, 0) is 22.8 Å². The van der Waals surface area contributed by atoms with E-state index in [9.17, 15) is 0 Å². The number of hydrogen-bond donors (Lipinski definition) is 0. The minimum atomic E-state index is 0.226. The molecule has 0 saturated heterocycles. The maximum absolute atomic E-state index is 3.86. The summed E-state index contributed by atoms with van der Waals surface area (Å²) < 4.78 is 0. The van der Waals surface area contributed by atoms with Crippen LogP contribution in [0.1, 0.15) is 25.0 Å². The zero-order valence-corrected chi connectivity index (χ0v) is 10.0. The van der Waals surface area contributed by atoms with E-state index < -0.39 is 0 Å². The molecule has 0 aliphatic carbocycles. The SMILES string of the molecule is C=Cc1ccccc1C(C)(C)CSC. The van der Waals surface area contributed by atoms with Crippen molar-refractivity contribution in [2.24, 2.45) is 0 Å². The lowest BCUT2D eigenvalue weighted by atomic mass is 9.83. The number of benzene rings is 1. The van der Waals surface area contributed by atoms with E-state index in [0.29, 0.717) is 0 Å². The summed E-state index contributed by atoms with van der Waals surface area (Å²) in [4.78, 5) is 0. The van der Waals surface area contributed by atoms with E-state index in [4.69, 9.17) is 0 Å². The van der Waals surface area contributed by atoms with Crippen LogP contribution in [0.2, 0.25) is 0 Å². The Labute approximate surface area is 91.4 Å². The molecule has 0 aliphatic heterocycles. The first kappa shape index (κ1) is 11.4. The van der Waals surface area contributed by atoms with Crippen molar-refractivity contribution in [2.45, 2.75) is 19.3 Å². The van der Waals surface area contributed by atoms with Gasteiger partial charge >= 0.3 is 0 Å². The van der Waals surface area contributed by atoms with Gasteiger partial charge < -0.3 is 0 Å². The molecule has 14 heavy (non-hydrogen) atoms. The maximum Gasteiger partial charge on any atom is 0.00220 e. The zero-order valence-electron chi connectivity index (χ0n) is 9.21. The van der Waals surface area contributed by atoms with Crippen LogP contribution in [0.5, 0.6) is 0 Å². The molecule has 0 saturated carbocycles. The van der Waals surface area contributed by atoms with Crippen molar-refractivity contribution in [2.75, 3.05) is 12.0 Å². The predicted octanol–water partition coefficient (Wildman–Crippen LogP) is 3.97. The van der Waals surface area contributed by atoms with Gasteiger partial charge in [-0.1, -0.05) is 50.8 Å². The Balaban J connectivity index is 3.10. The number of hydrogen-bond acceptors (Lipinski definition) is 1. The third kappa shape index (κ3) is 2.42. The van der Waals surface area contributed by atoms with Crippen molar-refractivity contribution in [3.63, 3.8) is 0 Å². The molecule has 1 aromatic carbocycles. The first-order valence-corrected chi connectivity index (χ1v) is 6.22. The van der Waals surface area contributed by atoms with Gasteiger partial charge in [0, 0.05) is 5.75 Å². The van der Waals surface area contributed by atoms with E-state index in [1.807, 2.05) is 17.8 Å². The summed E-state index contributed by atoms with van der Waals surface area (Å²) in [7, 11) is 0. The van der Waals surface area contributed by atoms with E-state index >= 15 is 0 Å². The zero-order chi connectivity index (χ0) is 10.6. The van der Waals surface area contributed by atoms with Gasteiger partial charge in [0.15, 0.2) is 0 Å². The quantitative estimate of drug-likeness (QED) is 0.718. The van der Waals surface area contributed by atoms with E-state index in [2.05, 4.69) is 50.9 Å². The Kier molecular flexibility index (Phi) is 3.82. The molecule has 0 aliphatic rings. The van der Waals surface area contributed by atoms with Crippen LogP contribution in [0.15, 0.2) is 30.8 Å². The van der Waals surface area contributed by atoms with Crippen LogP contribution < -0.4 is 0 Å². The molecule has 1 aromatic rings. The van der Waals surface area contributed by atoms with Gasteiger partial charge in [0.2, 0.25) is 0 Å². The summed E-state index contributed by atoms with van der Waals surface area (Å²) in [6.07, 6.45) is 4.09. The highest BCUT2D eigenvalue weighted by Crippen LogP contribution is 2.29. The van der Waals surface area contributed by atoms with Crippen molar-refractivity contribution in [3.8, 4) is 0 Å². The summed E-state index contributed by atoms with van der Waals surface area (Å²) in [5.74, 6) is 1.14. The van der Waals surface area contributed by atoms with E-state index in [1.165, 1.54) is 11.1 Å². The molecule has 1 rings (SSSR count). The second-order valence-electron chi connectivity index (χ2n) is 4.11. The van der Waals surface area contributed by atoms with Gasteiger partial charge in [0.1, 0.15) is 0 Å². The lowest BCUT2D eigenvalue weighted by molar-refractivity contribution is 0.601. The lowest BCUT2D eigenvalue weighted by Gasteiger charge is -2.26. The third-order valence-corrected chi connectivity index (χ3v) is 3.43. The lowest BCUT2D eigenvalue weighted by Crippen LogP contribution is -2.21. The molecule has 0 spiro atoms. The van der Waals surface area contributed by atoms with Crippen LogP contribution in [0.25, 0.3) is 6.08 Å². The molecule has 0 radical (unpaired) electrons. The van der Waals surface area contributed by atoms with Gasteiger partial charge in [-0.25, -0.2) is 0 Å². The highest BCUT2D eigenvalue weighted by Gasteiger charge is 2.21. The maximum atomic E-state index is 3.86. The van der Waals surface area contributed by atoms with Crippen molar-refractivity contribution in [3.05, 3.63) is 42.0 Å². The fraction of sp³-hybridized carbons (Fsp3) is 0.385. The Morgan fingerprint density at radius 2 is 2.00 bits per heavy atom. The first-order chi connectivity index (χ1) is 6.61. The third-order valence-electron chi connectivity index (χ3n) is 2.42. The smallest absolute Gasteiger partial charge is 0.00220 e. The van der Waals surface area contributed by atoms with Gasteiger partial charge in [0.25, 0.3) is 0 Å². The molecular formula is C13H18S. The Hall–Kier alpha value is -0.690. The van der Waals surface area contributed by atoms with Crippen LogP contribution in [0.3, 0.4) is 0 Å².